The van der Waals surface area contributed by atoms with Crippen LogP contribution < -0.4 is 0 Å². The second-order valence-electron chi connectivity index (χ2n) is 3.14. The first kappa shape index (κ1) is 11.9. The average Bonchev–Trinajstić information content (AvgIpc) is 2.07. The molecule has 0 aromatic rings. The van der Waals surface area contributed by atoms with Crippen LogP contribution in [0, 0.1) is 11.8 Å². The molecular weight excluding hydrogens is 156 g/mol. The quantitative estimate of drug-likeness (QED) is 0.526. The highest BCUT2D eigenvalue weighted by Gasteiger charge is 2.17. The van der Waals surface area contributed by atoms with Crippen molar-refractivity contribution in [3.8, 4) is 0 Å². The molecule has 3 heteroatoms. The Bertz CT molecular complexity index is 85.8. The van der Waals surface area contributed by atoms with E-state index in [1.807, 2.05) is 6.92 Å². The van der Waals surface area contributed by atoms with E-state index in [1.54, 1.807) is 0 Å². The van der Waals surface area contributed by atoms with Crippen LogP contribution in [0.5, 0.6) is 0 Å². The molecule has 1 atom stereocenters. The molecule has 0 rings (SSSR count). The molecule has 3 nitrogen and oxygen atoms in total. The van der Waals surface area contributed by atoms with Gasteiger partial charge in [-0.3, -0.25) is 0 Å². The van der Waals surface area contributed by atoms with Crippen LogP contribution in [0.4, 0.5) is 0 Å². The zero-order valence-corrected chi connectivity index (χ0v) is 7.74. The predicted molar refractivity (Wildman–Crippen MR) is 47.8 cm³/mol. The maximum atomic E-state index is 8.99. The Morgan fingerprint density at radius 3 is 1.67 bits per heavy atom. The first-order valence-electron chi connectivity index (χ1n) is 4.62. The largest absolute Gasteiger partial charge is 0.396 e. The third kappa shape index (κ3) is 4.04. The van der Waals surface area contributed by atoms with Crippen molar-refractivity contribution in [3.05, 3.63) is 0 Å². The fourth-order valence-electron chi connectivity index (χ4n) is 1.56. The van der Waals surface area contributed by atoms with E-state index < -0.39 is 0 Å². The van der Waals surface area contributed by atoms with Crippen molar-refractivity contribution in [3.63, 3.8) is 0 Å². The Hall–Kier alpha value is -0.120. The van der Waals surface area contributed by atoms with Crippen LogP contribution in [0.25, 0.3) is 0 Å². The van der Waals surface area contributed by atoms with Gasteiger partial charge in [-0.1, -0.05) is 13.3 Å². The maximum Gasteiger partial charge on any atom is 0.0461 e. The molecule has 0 heterocycles. The highest BCUT2D eigenvalue weighted by atomic mass is 16.3. The summed E-state index contributed by atoms with van der Waals surface area (Å²) in [5.74, 6) is 0.485. The normalized spacial score (nSPS) is 13.8. The average molecular weight is 176 g/mol. The summed E-state index contributed by atoms with van der Waals surface area (Å²) in [6.07, 6.45) is 2.26. The summed E-state index contributed by atoms with van der Waals surface area (Å²) in [5, 5.41) is 26.5. The second-order valence-corrected chi connectivity index (χ2v) is 3.14. The highest BCUT2D eigenvalue weighted by Crippen LogP contribution is 2.21. The van der Waals surface area contributed by atoms with Gasteiger partial charge in [0, 0.05) is 19.8 Å². The molecule has 0 saturated heterocycles. The van der Waals surface area contributed by atoms with Gasteiger partial charge >= 0.3 is 0 Å². The summed E-state index contributed by atoms with van der Waals surface area (Å²) in [6.45, 7) is 2.45. The van der Waals surface area contributed by atoms with Crippen molar-refractivity contribution in [1.29, 1.82) is 0 Å². The summed E-state index contributed by atoms with van der Waals surface area (Å²) < 4.78 is 0. The predicted octanol–water partition coefficient (Wildman–Crippen LogP) is 0.386. The molecule has 0 saturated carbocycles. The standard InChI is InChI=1S/C9H20O3/c1-2-8(7-12)9(3-5-10)4-6-11/h8-12H,2-7H2,1H3. The monoisotopic (exact) mass is 176 g/mol. The topological polar surface area (TPSA) is 60.7 Å². The van der Waals surface area contributed by atoms with Gasteiger partial charge in [0.05, 0.1) is 0 Å². The molecule has 0 aromatic heterocycles. The van der Waals surface area contributed by atoms with Gasteiger partial charge in [0.2, 0.25) is 0 Å². The highest BCUT2D eigenvalue weighted by molar-refractivity contribution is 4.67. The lowest BCUT2D eigenvalue weighted by atomic mass is 9.86. The minimum absolute atomic E-state index is 0.140. The first-order chi connectivity index (χ1) is 5.79. The molecule has 1 unspecified atom stereocenters. The minimum atomic E-state index is 0.140. The van der Waals surface area contributed by atoms with Gasteiger partial charge in [-0.2, -0.15) is 0 Å². The number of aliphatic hydroxyl groups is 3. The van der Waals surface area contributed by atoms with Crippen LogP contribution in [0.1, 0.15) is 26.2 Å². The Labute approximate surface area is 74.0 Å². The molecule has 74 valence electrons. The van der Waals surface area contributed by atoms with E-state index in [-0.39, 0.29) is 31.7 Å². The van der Waals surface area contributed by atoms with E-state index in [0.29, 0.717) is 12.8 Å². The van der Waals surface area contributed by atoms with Gasteiger partial charge < -0.3 is 15.3 Å². The van der Waals surface area contributed by atoms with Crippen molar-refractivity contribution < 1.29 is 15.3 Å². The molecule has 0 amide bonds. The van der Waals surface area contributed by atoms with Gasteiger partial charge in [0.25, 0.3) is 0 Å². The second kappa shape index (κ2) is 7.53. The van der Waals surface area contributed by atoms with Crippen molar-refractivity contribution in [2.75, 3.05) is 19.8 Å². The summed E-state index contributed by atoms with van der Waals surface area (Å²) in [6, 6.07) is 0. The molecule has 0 aliphatic carbocycles. The van der Waals surface area contributed by atoms with Crippen molar-refractivity contribution in [1.82, 2.24) is 0 Å². The number of aliphatic hydroxyl groups excluding tert-OH is 3. The van der Waals surface area contributed by atoms with E-state index in [0.717, 1.165) is 6.42 Å². The van der Waals surface area contributed by atoms with Gasteiger partial charge in [-0.15, -0.1) is 0 Å². The number of rotatable bonds is 7. The zero-order valence-electron chi connectivity index (χ0n) is 7.74. The molecule has 0 bridgehead atoms. The smallest absolute Gasteiger partial charge is 0.0461 e. The molecule has 0 radical (unpaired) electrons. The molecule has 0 aliphatic rings. The fourth-order valence-corrected chi connectivity index (χ4v) is 1.56. The molecule has 0 spiro atoms. The fraction of sp³-hybridized carbons (Fsp3) is 1.00. The number of hydrogen-bond acceptors (Lipinski definition) is 3. The Balaban J connectivity index is 3.86. The van der Waals surface area contributed by atoms with Crippen LogP contribution in [-0.4, -0.2) is 35.1 Å². The van der Waals surface area contributed by atoms with Crippen LogP contribution in [-0.2, 0) is 0 Å². The van der Waals surface area contributed by atoms with Crippen LogP contribution in [0.3, 0.4) is 0 Å². The lowest BCUT2D eigenvalue weighted by Gasteiger charge is -2.22. The summed E-state index contributed by atoms with van der Waals surface area (Å²) in [7, 11) is 0. The molecule has 0 aliphatic heterocycles. The Kier molecular flexibility index (Phi) is 7.45. The maximum absolute atomic E-state index is 8.99. The van der Waals surface area contributed by atoms with Crippen LogP contribution in [0.2, 0.25) is 0 Å². The van der Waals surface area contributed by atoms with E-state index >= 15 is 0 Å². The van der Waals surface area contributed by atoms with Crippen LogP contribution >= 0.6 is 0 Å². The first-order valence-corrected chi connectivity index (χ1v) is 4.62. The number of hydrogen-bond donors (Lipinski definition) is 3. The van der Waals surface area contributed by atoms with Crippen molar-refractivity contribution >= 4 is 0 Å². The minimum Gasteiger partial charge on any atom is -0.396 e. The van der Waals surface area contributed by atoms with E-state index in [9.17, 15) is 0 Å². The third-order valence-corrected chi connectivity index (χ3v) is 2.43. The van der Waals surface area contributed by atoms with Crippen molar-refractivity contribution in [2.24, 2.45) is 11.8 Å². The van der Waals surface area contributed by atoms with E-state index in [2.05, 4.69) is 0 Å². The molecular formula is C9H20O3. The Morgan fingerprint density at radius 2 is 1.42 bits per heavy atom. The van der Waals surface area contributed by atoms with E-state index in [4.69, 9.17) is 15.3 Å². The van der Waals surface area contributed by atoms with Crippen LogP contribution in [0.15, 0.2) is 0 Å². The summed E-state index contributed by atoms with van der Waals surface area (Å²) >= 11 is 0. The van der Waals surface area contributed by atoms with Crippen molar-refractivity contribution in [2.45, 2.75) is 26.2 Å². The Morgan fingerprint density at radius 1 is 0.917 bits per heavy atom. The summed E-state index contributed by atoms with van der Waals surface area (Å²) in [5.41, 5.74) is 0. The lowest BCUT2D eigenvalue weighted by Crippen LogP contribution is -2.20. The van der Waals surface area contributed by atoms with E-state index in [1.165, 1.54) is 0 Å². The third-order valence-electron chi connectivity index (χ3n) is 2.43. The molecule has 0 aromatic carbocycles. The molecule has 3 N–H and O–H groups in total. The summed E-state index contributed by atoms with van der Waals surface area (Å²) in [4.78, 5) is 0. The zero-order chi connectivity index (χ0) is 9.40. The van der Waals surface area contributed by atoms with Gasteiger partial charge in [-0.05, 0) is 24.7 Å². The lowest BCUT2D eigenvalue weighted by molar-refractivity contribution is 0.122. The SMILES string of the molecule is CCC(CO)C(CCO)CCO. The van der Waals surface area contributed by atoms with Gasteiger partial charge in [0.15, 0.2) is 0 Å². The molecule has 0 fully saturated rings. The molecule has 12 heavy (non-hydrogen) atoms. The van der Waals surface area contributed by atoms with Gasteiger partial charge in [0.1, 0.15) is 0 Å². The van der Waals surface area contributed by atoms with Gasteiger partial charge in [-0.25, -0.2) is 0 Å².